The highest BCUT2D eigenvalue weighted by Crippen LogP contribution is 2.22. The molecule has 1 aromatic rings. The highest BCUT2D eigenvalue weighted by molar-refractivity contribution is 5.95. The Morgan fingerprint density at radius 1 is 1.14 bits per heavy atom. The second kappa shape index (κ2) is 10.9. The van der Waals surface area contributed by atoms with E-state index in [1.807, 2.05) is 0 Å². The van der Waals surface area contributed by atoms with Crippen LogP contribution in [0.3, 0.4) is 0 Å². The summed E-state index contributed by atoms with van der Waals surface area (Å²) in [4.78, 5) is 67.6. The van der Waals surface area contributed by atoms with E-state index in [0.29, 0.717) is 31.5 Å². The van der Waals surface area contributed by atoms with E-state index in [1.165, 1.54) is 22.0 Å². The lowest BCUT2D eigenvalue weighted by Crippen LogP contribution is -2.56. The monoisotopic (exact) mass is 488 g/mol. The summed E-state index contributed by atoms with van der Waals surface area (Å²) in [7, 11) is 0. The third kappa shape index (κ3) is 5.98. The molecule has 12 nitrogen and oxygen atoms in total. The molecule has 3 atom stereocenters. The molecule has 0 bridgehead atoms. The molecule has 4 rings (SSSR count). The van der Waals surface area contributed by atoms with Gasteiger partial charge in [0.25, 0.3) is 0 Å². The summed E-state index contributed by atoms with van der Waals surface area (Å²) in [5.74, 6) is -1.77. The van der Waals surface area contributed by atoms with E-state index < -0.39 is 41.9 Å². The number of hydrogen-bond acceptors (Lipinski definition) is 7. The van der Waals surface area contributed by atoms with Crippen LogP contribution in [0.15, 0.2) is 12.5 Å². The smallest absolute Gasteiger partial charge is 0.419 e. The standard InChI is InChI=1S/C23H32N6O6/c24-20(31)18-7-4-10-29(18)22(33)17(27-21(32)16-8-9-19(30)26-16)11-14-12-28(13-25-14)23(34)35-15-5-2-1-3-6-15/h12-13,15-18H,1-11H2,(H2,24,31)(H,26,30)(H,27,32)/t16-,17-,18-/m0/s1. The van der Waals surface area contributed by atoms with Gasteiger partial charge in [0.05, 0.1) is 5.69 Å². The van der Waals surface area contributed by atoms with Crippen molar-refractivity contribution in [3.05, 3.63) is 18.2 Å². The number of nitrogens with two attached hydrogens (primary N) is 1. The minimum atomic E-state index is -1.04. The molecule has 3 aliphatic rings. The van der Waals surface area contributed by atoms with Gasteiger partial charge in [0, 0.05) is 25.6 Å². The van der Waals surface area contributed by atoms with Crippen LogP contribution in [0.4, 0.5) is 4.79 Å². The van der Waals surface area contributed by atoms with Crippen molar-refractivity contribution in [1.82, 2.24) is 25.1 Å². The van der Waals surface area contributed by atoms with Crippen molar-refractivity contribution in [2.24, 2.45) is 5.73 Å². The van der Waals surface area contributed by atoms with Gasteiger partial charge in [-0.15, -0.1) is 0 Å². The van der Waals surface area contributed by atoms with Crippen molar-refractivity contribution in [3.63, 3.8) is 0 Å². The number of ether oxygens (including phenoxy) is 1. The summed E-state index contributed by atoms with van der Waals surface area (Å²) in [6.45, 7) is 0.348. The maximum Gasteiger partial charge on any atom is 0.419 e. The van der Waals surface area contributed by atoms with Gasteiger partial charge in [-0.25, -0.2) is 14.3 Å². The summed E-state index contributed by atoms with van der Waals surface area (Å²) < 4.78 is 6.78. The SMILES string of the molecule is NC(=O)[C@@H]1CCCN1C(=O)[C@H](Cc1cn(C(=O)OC2CCCCC2)cn1)NC(=O)[C@@H]1CCC(=O)N1. The van der Waals surface area contributed by atoms with Gasteiger partial charge < -0.3 is 26.0 Å². The second-order valence-corrected chi connectivity index (χ2v) is 9.43. The Morgan fingerprint density at radius 3 is 2.60 bits per heavy atom. The summed E-state index contributed by atoms with van der Waals surface area (Å²) in [5.41, 5.74) is 5.87. The molecule has 1 aromatic heterocycles. The van der Waals surface area contributed by atoms with Gasteiger partial charge in [0.1, 0.15) is 30.6 Å². The number of amides is 4. The predicted octanol–water partition coefficient (Wildman–Crippen LogP) is -0.0173. The maximum atomic E-state index is 13.4. The number of imidazole rings is 1. The summed E-state index contributed by atoms with van der Waals surface area (Å²) in [5, 5.41) is 5.29. The molecule has 190 valence electrons. The number of carbonyl (C=O) groups is 5. The second-order valence-electron chi connectivity index (χ2n) is 9.43. The van der Waals surface area contributed by atoms with Gasteiger partial charge in [-0.3, -0.25) is 19.2 Å². The van der Waals surface area contributed by atoms with Gasteiger partial charge in [-0.1, -0.05) is 6.42 Å². The average Bonchev–Trinajstić information content (AvgIpc) is 3.59. The molecule has 0 radical (unpaired) electrons. The topological polar surface area (TPSA) is 166 Å². The van der Waals surface area contributed by atoms with Crippen LogP contribution in [-0.2, 0) is 30.3 Å². The first-order chi connectivity index (χ1) is 16.8. The number of likely N-dealkylation sites (tertiary alicyclic amines) is 1. The normalized spacial score (nSPS) is 23.5. The van der Waals surface area contributed by atoms with Crippen LogP contribution in [-0.4, -0.2) is 74.9 Å². The molecule has 2 aliphatic heterocycles. The molecular weight excluding hydrogens is 456 g/mol. The Labute approximate surface area is 202 Å². The van der Waals surface area contributed by atoms with Crippen LogP contribution >= 0.6 is 0 Å². The third-order valence-electron chi connectivity index (χ3n) is 6.87. The van der Waals surface area contributed by atoms with Crippen molar-refractivity contribution < 1.29 is 28.7 Å². The highest BCUT2D eigenvalue weighted by Gasteiger charge is 2.38. The van der Waals surface area contributed by atoms with Crippen molar-refractivity contribution >= 4 is 29.7 Å². The number of nitrogens with one attached hydrogen (secondary N) is 2. The van der Waals surface area contributed by atoms with Crippen LogP contribution in [0.25, 0.3) is 0 Å². The zero-order valence-electron chi connectivity index (χ0n) is 19.6. The maximum absolute atomic E-state index is 13.4. The van der Waals surface area contributed by atoms with Gasteiger partial charge in [0.2, 0.25) is 23.6 Å². The molecule has 3 fully saturated rings. The molecule has 12 heteroatoms. The highest BCUT2D eigenvalue weighted by atomic mass is 16.6. The first-order valence-corrected chi connectivity index (χ1v) is 12.2. The summed E-state index contributed by atoms with van der Waals surface area (Å²) in [6.07, 6.45) is 8.68. The predicted molar refractivity (Wildman–Crippen MR) is 122 cm³/mol. The van der Waals surface area contributed by atoms with Gasteiger partial charge >= 0.3 is 6.09 Å². The molecule has 4 N–H and O–H groups in total. The molecule has 4 amide bonds. The first-order valence-electron chi connectivity index (χ1n) is 12.2. The fraction of sp³-hybridized carbons (Fsp3) is 0.652. The molecule has 35 heavy (non-hydrogen) atoms. The average molecular weight is 489 g/mol. The minimum Gasteiger partial charge on any atom is -0.446 e. The quantitative estimate of drug-likeness (QED) is 0.485. The van der Waals surface area contributed by atoms with E-state index in [0.717, 1.165) is 32.1 Å². The van der Waals surface area contributed by atoms with E-state index in [9.17, 15) is 24.0 Å². The van der Waals surface area contributed by atoms with E-state index in [2.05, 4.69) is 15.6 Å². The fourth-order valence-corrected chi connectivity index (χ4v) is 4.97. The molecule has 1 saturated carbocycles. The Balaban J connectivity index is 1.46. The van der Waals surface area contributed by atoms with E-state index in [4.69, 9.17) is 10.5 Å². The van der Waals surface area contributed by atoms with Gasteiger partial charge in [-0.05, 0) is 44.9 Å². The zero-order valence-corrected chi connectivity index (χ0v) is 19.6. The Hall–Kier alpha value is -3.44. The number of nitrogens with zero attached hydrogens (tertiary/aromatic N) is 3. The molecular formula is C23H32N6O6. The molecule has 0 unspecified atom stereocenters. The molecule has 0 aromatic carbocycles. The number of hydrogen-bond donors (Lipinski definition) is 3. The number of aromatic nitrogens is 2. The Kier molecular flexibility index (Phi) is 7.67. The third-order valence-corrected chi connectivity index (χ3v) is 6.87. The molecule has 1 aliphatic carbocycles. The molecule has 3 heterocycles. The van der Waals surface area contributed by atoms with E-state index in [1.54, 1.807) is 0 Å². The fourth-order valence-electron chi connectivity index (χ4n) is 4.97. The van der Waals surface area contributed by atoms with Gasteiger partial charge in [0.15, 0.2) is 0 Å². The van der Waals surface area contributed by atoms with Gasteiger partial charge in [-0.2, -0.15) is 0 Å². The van der Waals surface area contributed by atoms with Crippen LogP contribution in [0, 0.1) is 0 Å². The number of rotatable bonds is 7. The largest absolute Gasteiger partial charge is 0.446 e. The number of carbonyl (C=O) groups excluding carboxylic acids is 5. The van der Waals surface area contributed by atoms with Crippen molar-refractivity contribution in [3.8, 4) is 0 Å². The lowest BCUT2D eigenvalue weighted by molar-refractivity contribution is -0.140. The van der Waals surface area contributed by atoms with Crippen molar-refractivity contribution in [2.45, 2.75) is 88.4 Å². The van der Waals surface area contributed by atoms with E-state index in [-0.39, 0.29) is 24.9 Å². The van der Waals surface area contributed by atoms with Crippen LogP contribution in [0.2, 0.25) is 0 Å². The first kappa shape index (κ1) is 24.7. The summed E-state index contributed by atoms with van der Waals surface area (Å²) >= 11 is 0. The van der Waals surface area contributed by atoms with Crippen LogP contribution < -0.4 is 16.4 Å². The Morgan fingerprint density at radius 2 is 1.91 bits per heavy atom. The number of primary amides is 1. The summed E-state index contributed by atoms with van der Waals surface area (Å²) in [6, 6.07) is -2.51. The van der Waals surface area contributed by atoms with Crippen LogP contribution in [0.1, 0.15) is 63.5 Å². The molecule has 2 saturated heterocycles. The minimum absolute atomic E-state index is 0.00305. The van der Waals surface area contributed by atoms with E-state index >= 15 is 0 Å². The lowest BCUT2D eigenvalue weighted by Gasteiger charge is -2.28. The Bertz CT molecular complexity index is 987. The zero-order chi connectivity index (χ0) is 24.9. The van der Waals surface area contributed by atoms with Crippen LogP contribution in [0.5, 0.6) is 0 Å². The van der Waals surface area contributed by atoms with Crippen molar-refractivity contribution in [1.29, 1.82) is 0 Å². The molecule has 0 spiro atoms. The lowest BCUT2D eigenvalue weighted by atomic mass is 9.98. The van der Waals surface area contributed by atoms with Crippen molar-refractivity contribution in [2.75, 3.05) is 6.54 Å².